The molecule has 0 saturated heterocycles. The zero-order chi connectivity index (χ0) is 11.0. The van der Waals surface area contributed by atoms with E-state index in [1.165, 1.54) is 11.3 Å². The van der Waals surface area contributed by atoms with Crippen LogP contribution >= 0.6 is 11.3 Å². The number of H-pyrrole nitrogens is 1. The third kappa shape index (κ3) is 1.42. The molecule has 0 amide bonds. The highest BCUT2D eigenvalue weighted by atomic mass is 32.1. The third-order valence-corrected chi connectivity index (χ3v) is 2.91. The normalized spacial score (nSPS) is 10.8. The van der Waals surface area contributed by atoms with Crippen LogP contribution in [0.2, 0.25) is 0 Å². The minimum absolute atomic E-state index is 0.131. The van der Waals surface area contributed by atoms with Gasteiger partial charge in [-0.2, -0.15) is 0 Å². The van der Waals surface area contributed by atoms with Crippen LogP contribution in [-0.2, 0) is 0 Å². The summed E-state index contributed by atoms with van der Waals surface area (Å²) >= 11 is 1.49. The van der Waals surface area contributed by atoms with Crippen LogP contribution in [0.25, 0.3) is 22.3 Å². The molecule has 4 nitrogen and oxygen atoms in total. The summed E-state index contributed by atoms with van der Waals surface area (Å²) < 4.78 is 0. The average molecular weight is 229 g/mol. The van der Waals surface area contributed by atoms with Crippen LogP contribution in [-0.4, -0.2) is 15.0 Å². The number of hydrogen-bond donors (Lipinski definition) is 1. The highest BCUT2D eigenvalue weighted by Gasteiger charge is 2.05. The van der Waals surface area contributed by atoms with Crippen LogP contribution in [0.1, 0.15) is 0 Å². The van der Waals surface area contributed by atoms with Gasteiger partial charge >= 0.3 is 0 Å². The van der Waals surface area contributed by atoms with Crippen LogP contribution in [0, 0.1) is 0 Å². The molecule has 0 atom stereocenters. The first kappa shape index (κ1) is 9.23. The number of aromatic nitrogens is 3. The number of fused-ring (bicyclic) bond motifs is 1. The highest BCUT2D eigenvalue weighted by molar-refractivity contribution is 7.07. The molecule has 3 aromatic heterocycles. The quantitative estimate of drug-likeness (QED) is 0.694. The standard InChI is InChI=1S/C11H7N3OS/c15-11-7-2-1-3-12-8(7)4-9(14-11)10-5-16-6-13-10/h1-6H,(H,14,15). The highest BCUT2D eigenvalue weighted by Crippen LogP contribution is 2.17. The number of aromatic amines is 1. The molecule has 3 heterocycles. The van der Waals surface area contributed by atoms with Crippen LogP contribution in [0.15, 0.2) is 40.1 Å². The van der Waals surface area contributed by atoms with Crippen molar-refractivity contribution in [1.82, 2.24) is 15.0 Å². The minimum atomic E-state index is -0.131. The lowest BCUT2D eigenvalue weighted by Gasteiger charge is -1.99. The second-order valence-electron chi connectivity index (χ2n) is 3.32. The Morgan fingerprint density at radius 2 is 2.25 bits per heavy atom. The van der Waals surface area contributed by atoms with Gasteiger partial charge in [0, 0.05) is 11.6 Å². The molecule has 5 heteroatoms. The zero-order valence-electron chi connectivity index (χ0n) is 8.18. The van der Waals surface area contributed by atoms with Crippen LogP contribution in [0.3, 0.4) is 0 Å². The number of thiazole rings is 1. The van der Waals surface area contributed by atoms with Crippen molar-refractivity contribution in [2.75, 3.05) is 0 Å². The molecular formula is C11H7N3OS. The Labute approximate surface area is 94.6 Å². The fourth-order valence-corrected chi connectivity index (χ4v) is 2.12. The fourth-order valence-electron chi connectivity index (χ4n) is 1.57. The van der Waals surface area contributed by atoms with Gasteiger partial charge in [0.2, 0.25) is 0 Å². The van der Waals surface area contributed by atoms with Gasteiger partial charge in [-0.25, -0.2) is 4.98 Å². The van der Waals surface area contributed by atoms with Gasteiger partial charge in [0.1, 0.15) is 0 Å². The van der Waals surface area contributed by atoms with Crippen molar-refractivity contribution in [3.63, 3.8) is 0 Å². The van der Waals surface area contributed by atoms with Crippen molar-refractivity contribution in [3.05, 3.63) is 45.6 Å². The maximum Gasteiger partial charge on any atom is 0.257 e. The molecule has 0 fully saturated rings. The molecule has 3 rings (SSSR count). The van der Waals surface area contributed by atoms with E-state index in [4.69, 9.17) is 0 Å². The second-order valence-corrected chi connectivity index (χ2v) is 4.04. The van der Waals surface area contributed by atoms with E-state index in [1.807, 2.05) is 11.4 Å². The Morgan fingerprint density at radius 3 is 3.06 bits per heavy atom. The first-order valence-electron chi connectivity index (χ1n) is 4.71. The van der Waals surface area contributed by atoms with Gasteiger partial charge in [0.05, 0.1) is 27.8 Å². The van der Waals surface area contributed by atoms with Crippen molar-refractivity contribution < 1.29 is 0 Å². The molecule has 0 aliphatic heterocycles. The third-order valence-electron chi connectivity index (χ3n) is 2.32. The molecule has 0 aliphatic carbocycles. The van der Waals surface area contributed by atoms with Gasteiger partial charge in [0.15, 0.2) is 0 Å². The van der Waals surface area contributed by atoms with E-state index in [0.717, 1.165) is 5.69 Å². The first-order chi connectivity index (χ1) is 7.84. The summed E-state index contributed by atoms with van der Waals surface area (Å²) in [4.78, 5) is 22.9. The predicted octanol–water partition coefficient (Wildman–Crippen LogP) is 2.05. The molecule has 0 spiro atoms. The largest absolute Gasteiger partial charge is 0.320 e. The van der Waals surface area contributed by atoms with Gasteiger partial charge in [-0.3, -0.25) is 9.78 Å². The molecule has 16 heavy (non-hydrogen) atoms. The summed E-state index contributed by atoms with van der Waals surface area (Å²) in [6, 6.07) is 5.35. The van der Waals surface area contributed by atoms with Crippen molar-refractivity contribution in [2.24, 2.45) is 0 Å². The molecule has 1 N–H and O–H groups in total. The summed E-state index contributed by atoms with van der Waals surface area (Å²) in [5.74, 6) is 0. The van der Waals surface area contributed by atoms with Gasteiger partial charge < -0.3 is 4.98 Å². The van der Waals surface area contributed by atoms with Crippen molar-refractivity contribution in [3.8, 4) is 11.4 Å². The summed E-state index contributed by atoms with van der Waals surface area (Å²) in [5, 5.41) is 2.49. The minimum Gasteiger partial charge on any atom is -0.320 e. The van der Waals surface area contributed by atoms with Crippen LogP contribution < -0.4 is 5.56 Å². The van der Waals surface area contributed by atoms with E-state index >= 15 is 0 Å². The maximum absolute atomic E-state index is 11.8. The molecule has 0 radical (unpaired) electrons. The molecule has 0 saturated carbocycles. The summed E-state index contributed by atoms with van der Waals surface area (Å²) in [5.41, 5.74) is 3.77. The van der Waals surface area contributed by atoms with Crippen molar-refractivity contribution >= 4 is 22.2 Å². The van der Waals surface area contributed by atoms with E-state index in [2.05, 4.69) is 15.0 Å². The maximum atomic E-state index is 11.8. The Bertz CT molecular complexity index is 688. The zero-order valence-corrected chi connectivity index (χ0v) is 8.99. The lowest BCUT2D eigenvalue weighted by molar-refractivity contribution is 1.23. The number of hydrogen-bond acceptors (Lipinski definition) is 4. The van der Waals surface area contributed by atoms with E-state index in [0.29, 0.717) is 16.6 Å². The molecular weight excluding hydrogens is 222 g/mol. The van der Waals surface area contributed by atoms with Crippen LogP contribution in [0.4, 0.5) is 0 Å². The molecule has 3 aromatic rings. The Kier molecular flexibility index (Phi) is 2.04. The summed E-state index contributed by atoms with van der Waals surface area (Å²) in [6.07, 6.45) is 1.67. The smallest absolute Gasteiger partial charge is 0.257 e. The average Bonchev–Trinajstić information content (AvgIpc) is 2.82. The van der Waals surface area contributed by atoms with E-state index in [1.54, 1.807) is 23.8 Å². The Hall–Kier alpha value is -2.01. The van der Waals surface area contributed by atoms with Gasteiger partial charge in [0.25, 0.3) is 5.56 Å². The predicted molar refractivity (Wildman–Crippen MR) is 63.5 cm³/mol. The lowest BCUT2D eigenvalue weighted by atomic mass is 10.2. The van der Waals surface area contributed by atoms with Crippen LogP contribution in [0.5, 0.6) is 0 Å². The number of pyridine rings is 2. The van der Waals surface area contributed by atoms with Gasteiger partial charge in [-0.05, 0) is 18.2 Å². The number of nitrogens with one attached hydrogen (secondary N) is 1. The van der Waals surface area contributed by atoms with E-state index in [9.17, 15) is 4.79 Å². The van der Waals surface area contributed by atoms with E-state index in [-0.39, 0.29) is 5.56 Å². The molecule has 0 unspecified atom stereocenters. The molecule has 0 aromatic carbocycles. The fraction of sp³-hybridized carbons (Fsp3) is 0. The topological polar surface area (TPSA) is 58.6 Å². The Morgan fingerprint density at radius 1 is 1.31 bits per heavy atom. The van der Waals surface area contributed by atoms with E-state index < -0.39 is 0 Å². The number of nitrogens with zero attached hydrogens (tertiary/aromatic N) is 2. The Balaban J connectivity index is 2.34. The van der Waals surface area contributed by atoms with Gasteiger partial charge in [-0.15, -0.1) is 11.3 Å². The lowest BCUT2D eigenvalue weighted by Crippen LogP contribution is -2.07. The number of rotatable bonds is 1. The molecule has 0 aliphatic rings. The van der Waals surface area contributed by atoms with Crippen molar-refractivity contribution in [2.45, 2.75) is 0 Å². The summed E-state index contributed by atoms with van der Waals surface area (Å²) in [7, 11) is 0. The van der Waals surface area contributed by atoms with Gasteiger partial charge in [-0.1, -0.05) is 0 Å². The van der Waals surface area contributed by atoms with Crippen molar-refractivity contribution in [1.29, 1.82) is 0 Å². The first-order valence-corrected chi connectivity index (χ1v) is 5.65. The molecule has 78 valence electrons. The second kappa shape index (κ2) is 3.53. The molecule has 0 bridgehead atoms. The monoisotopic (exact) mass is 229 g/mol. The summed E-state index contributed by atoms with van der Waals surface area (Å²) in [6.45, 7) is 0. The SMILES string of the molecule is O=c1[nH]c(-c2cscn2)cc2ncccc12.